The van der Waals surface area contributed by atoms with Crippen molar-refractivity contribution < 1.29 is 9.53 Å². The second kappa shape index (κ2) is 9.93. The molecule has 1 heterocycles. The fourth-order valence-corrected chi connectivity index (χ4v) is 3.46. The van der Waals surface area contributed by atoms with Gasteiger partial charge in [-0.2, -0.15) is 0 Å². The Morgan fingerprint density at radius 3 is 2.44 bits per heavy atom. The molecule has 4 heteroatoms. The van der Waals surface area contributed by atoms with Crippen LogP contribution in [0.3, 0.4) is 0 Å². The molecule has 0 saturated carbocycles. The van der Waals surface area contributed by atoms with Crippen molar-refractivity contribution in [2.45, 2.75) is 46.2 Å². The molecule has 2 atom stereocenters. The molecule has 0 spiro atoms. The Bertz CT molecular complexity index is 512. The summed E-state index contributed by atoms with van der Waals surface area (Å²) in [5, 5.41) is 3.31. The molecule has 1 aliphatic heterocycles. The Hall–Kier alpha value is -1.39. The van der Waals surface area contributed by atoms with Gasteiger partial charge in [-0.05, 0) is 37.3 Å². The lowest BCUT2D eigenvalue weighted by Crippen LogP contribution is -2.48. The summed E-state index contributed by atoms with van der Waals surface area (Å²) in [6.07, 6.45) is 1.99. The smallest absolute Gasteiger partial charge is 0.223 e. The highest BCUT2D eigenvalue weighted by Crippen LogP contribution is 2.24. The molecule has 2 rings (SSSR count). The Kier molecular flexibility index (Phi) is 7.91. The third-order valence-electron chi connectivity index (χ3n) is 5.32. The monoisotopic (exact) mass is 346 g/mol. The van der Waals surface area contributed by atoms with Gasteiger partial charge in [0.25, 0.3) is 0 Å². The van der Waals surface area contributed by atoms with Crippen LogP contribution in [0.25, 0.3) is 0 Å². The van der Waals surface area contributed by atoms with Crippen LogP contribution in [0.4, 0.5) is 0 Å². The molecule has 0 aliphatic carbocycles. The largest absolute Gasteiger partial charge is 0.381 e. The van der Waals surface area contributed by atoms with Crippen molar-refractivity contribution in [1.82, 2.24) is 10.2 Å². The number of rotatable bonds is 8. The van der Waals surface area contributed by atoms with Crippen LogP contribution in [0.1, 0.15) is 39.2 Å². The molecule has 4 nitrogen and oxygen atoms in total. The van der Waals surface area contributed by atoms with Gasteiger partial charge < -0.3 is 15.0 Å². The van der Waals surface area contributed by atoms with E-state index in [0.717, 1.165) is 39.1 Å². The first kappa shape index (κ1) is 19.9. The Balaban J connectivity index is 1.87. The van der Waals surface area contributed by atoms with E-state index in [4.69, 9.17) is 4.74 Å². The molecule has 1 amide bonds. The number of likely N-dealkylation sites (N-methyl/N-ethyl adjacent to an activating group) is 1. The van der Waals surface area contributed by atoms with Gasteiger partial charge in [-0.3, -0.25) is 4.79 Å². The molecular formula is C21H34N2O2. The second-order valence-corrected chi connectivity index (χ2v) is 7.78. The lowest BCUT2D eigenvalue weighted by atomic mass is 9.86. The highest BCUT2D eigenvalue weighted by molar-refractivity contribution is 5.79. The topological polar surface area (TPSA) is 41.6 Å². The normalized spacial score (nSPS) is 18.3. The van der Waals surface area contributed by atoms with E-state index in [2.05, 4.69) is 62.3 Å². The maximum atomic E-state index is 12.7. The molecule has 1 saturated heterocycles. The van der Waals surface area contributed by atoms with E-state index >= 15 is 0 Å². The average molecular weight is 347 g/mol. The minimum atomic E-state index is 0.0598. The van der Waals surface area contributed by atoms with Gasteiger partial charge in [0.2, 0.25) is 5.91 Å². The highest BCUT2D eigenvalue weighted by Gasteiger charge is 2.28. The number of nitrogens with one attached hydrogen (secondary N) is 1. The van der Waals surface area contributed by atoms with Crippen molar-refractivity contribution >= 4 is 5.91 Å². The van der Waals surface area contributed by atoms with Gasteiger partial charge in [-0.1, -0.05) is 51.1 Å². The minimum Gasteiger partial charge on any atom is -0.381 e. The van der Waals surface area contributed by atoms with E-state index in [-0.39, 0.29) is 17.9 Å². The molecule has 1 N–H and O–H groups in total. The first-order valence-corrected chi connectivity index (χ1v) is 9.58. The lowest BCUT2D eigenvalue weighted by Gasteiger charge is -2.31. The first-order chi connectivity index (χ1) is 12.0. The van der Waals surface area contributed by atoms with Gasteiger partial charge in [-0.15, -0.1) is 0 Å². The Morgan fingerprint density at radius 1 is 1.20 bits per heavy atom. The molecule has 0 aromatic heterocycles. The number of hydrogen-bond donors (Lipinski definition) is 1. The van der Waals surface area contributed by atoms with Gasteiger partial charge in [-0.25, -0.2) is 0 Å². The zero-order chi connectivity index (χ0) is 18.2. The van der Waals surface area contributed by atoms with Crippen LogP contribution in [0.15, 0.2) is 30.3 Å². The predicted octanol–water partition coefficient (Wildman–Crippen LogP) is 3.32. The molecule has 1 aromatic carbocycles. The number of ether oxygens (including phenoxy) is 1. The van der Waals surface area contributed by atoms with E-state index in [1.54, 1.807) is 0 Å². The molecule has 0 unspecified atom stereocenters. The van der Waals surface area contributed by atoms with E-state index in [0.29, 0.717) is 11.8 Å². The molecule has 140 valence electrons. The average Bonchev–Trinajstić information content (AvgIpc) is 2.61. The summed E-state index contributed by atoms with van der Waals surface area (Å²) in [7, 11) is 2.12. The minimum absolute atomic E-state index is 0.0598. The van der Waals surface area contributed by atoms with Crippen LogP contribution in [0.2, 0.25) is 0 Å². The maximum absolute atomic E-state index is 12.7. The molecule has 1 aliphatic rings. The van der Waals surface area contributed by atoms with Crippen molar-refractivity contribution in [2.75, 3.05) is 26.8 Å². The van der Waals surface area contributed by atoms with Crippen LogP contribution < -0.4 is 5.32 Å². The van der Waals surface area contributed by atoms with Gasteiger partial charge in [0, 0.05) is 38.3 Å². The highest BCUT2D eigenvalue weighted by atomic mass is 16.5. The summed E-state index contributed by atoms with van der Waals surface area (Å²) in [5.74, 6) is 1.11. The Morgan fingerprint density at radius 2 is 1.84 bits per heavy atom. The molecule has 1 aromatic rings. The summed E-state index contributed by atoms with van der Waals surface area (Å²) < 4.78 is 5.42. The number of amides is 1. The van der Waals surface area contributed by atoms with Crippen molar-refractivity contribution in [1.29, 1.82) is 0 Å². The molecular weight excluding hydrogens is 312 g/mol. The summed E-state index contributed by atoms with van der Waals surface area (Å²) in [6, 6.07) is 10.6. The second-order valence-electron chi connectivity index (χ2n) is 7.78. The van der Waals surface area contributed by atoms with E-state index in [1.807, 2.05) is 6.07 Å². The van der Waals surface area contributed by atoms with Gasteiger partial charge >= 0.3 is 0 Å². The quantitative estimate of drug-likeness (QED) is 0.785. The van der Waals surface area contributed by atoms with E-state index < -0.39 is 0 Å². The van der Waals surface area contributed by atoms with Crippen molar-refractivity contribution in [3.05, 3.63) is 35.9 Å². The van der Waals surface area contributed by atoms with Crippen molar-refractivity contribution in [3.8, 4) is 0 Å². The summed E-state index contributed by atoms with van der Waals surface area (Å²) in [6.45, 7) is 9.76. The van der Waals surface area contributed by atoms with Crippen LogP contribution in [-0.4, -0.2) is 43.7 Å². The van der Waals surface area contributed by atoms with Crippen molar-refractivity contribution in [3.63, 3.8) is 0 Å². The molecule has 0 bridgehead atoms. The standard InChI is InChI=1S/C21H34N2O2/c1-16(2)20(15-23(4)14-18-8-6-5-7-9-18)22-21(24)17(3)19-10-12-25-13-11-19/h5-9,16-17,19-20H,10-15H2,1-4H3,(H,22,24)/t17-,20+/m0/s1. The van der Waals surface area contributed by atoms with Crippen molar-refractivity contribution in [2.24, 2.45) is 17.8 Å². The molecule has 1 fully saturated rings. The summed E-state index contributed by atoms with van der Waals surface area (Å²) in [5.41, 5.74) is 1.30. The molecule has 0 radical (unpaired) electrons. The zero-order valence-corrected chi connectivity index (χ0v) is 16.2. The number of carbonyl (C=O) groups is 1. The Labute approximate surface area is 152 Å². The maximum Gasteiger partial charge on any atom is 0.223 e. The van der Waals surface area contributed by atoms with E-state index in [1.165, 1.54) is 5.56 Å². The number of nitrogens with zero attached hydrogens (tertiary/aromatic N) is 1. The number of hydrogen-bond acceptors (Lipinski definition) is 3. The molecule has 25 heavy (non-hydrogen) atoms. The van der Waals surface area contributed by atoms with E-state index in [9.17, 15) is 4.79 Å². The zero-order valence-electron chi connectivity index (χ0n) is 16.2. The van der Waals surface area contributed by atoms with Crippen LogP contribution in [0.5, 0.6) is 0 Å². The third-order valence-corrected chi connectivity index (χ3v) is 5.32. The first-order valence-electron chi connectivity index (χ1n) is 9.58. The van der Waals surface area contributed by atoms with Gasteiger partial charge in [0.1, 0.15) is 0 Å². The fourth-order valence-electron chi connectivity index (χ4n) is 3.46. The summed E-state index contributed by atoms with van der Waals surface area (Å²) >= 11 is 0. The number of carbonyl (C=O) groups excluding carboxylic acids is 1. The van der Waals surface area contributed by atoms with Crippen LogP contribution >= 0.6 is 0 Å². The van der Waals surface area contributed by atoms with Gasteiger partial charge in [0.15, 0.2) is 0 Å². The lowest BCUT2D eigenvalue weighted by molar-refractivity contribution is -0.128. The van der Waals surface area contributed by atoms with Crippen LogP contribution in [-0.2, 0) is 16.1 Å². The fraction of sp³-hybridized carbons (Fsp3) is 0.667. The van der Waals surface area contributed by atoms with Gasteiger partial charge in [0.05, 0.1) is 0 Å². The number of benzene rings is 1. The predicted molar refractivity (Wildman–Crippen MR) is 102 cm³/mol. The SMILES string of the molecule is CC(C)[C@@H](CN(C)Cc1ccccc1)NC(=O)[C@@H](C)C1CCOCC1. The summed E-state index contributed by atoms with van der Waals surface area (Å²) in [4.78, 5) is 15.0. The third kappa shape index (κ3) is 6.44. The van der Waals surface area contributed by atoms with Crippen LogP contribution in [0, 0.1) is 17.8 Å².